The monoisotopic (exact) mass is 296 g/mol. The number of hydrogen-bond donors (Lipinski definition) is 1. The molecule has 1 amide bonds. The Morgan fingerprint density at radius 3 is 2.25 bits per heavy atom. The predicted molar refractivity (Wildman–Crippen MR) is 78.2 cm³/mol. The van der Waals surface area contributed by atoms with Crippen LogP contribution in [-0.2, 0) is 9.84 Å². The zero-order valence-corrected chi connectivity index (χ0v) is 12.8. The number of amides is 1. The van der Waals surface area contributed by atoms with Crippen molar-refractivity contribution < 1.29 is 13.2 Å². The first-order valence-corrected chi connectivity index (χ1v) is 8.47. The first kappa shape index (κ1) is 14.8. The molecule has 2 unspecified atom stereocenters. The number of carbonyl (C=O) groups is 1. The van der Waals surface area contributed by atoms with Crippen molar-refractivity contribution in [1.29, 1.82) is 0 Å². The number of nitrogens with two attached hydrogens (primary N) is 1. The molecule has 2 atom stereocenters. The Bertz CT molecular complexity index is 630. The largest absolute Gasteiger partial charge is 0.399 e. The molecule has 1 aromatic rings. The molecule has 0 bridgehead atoms. The quantitative estimate of drug-likeness (QED) is 0.837. The number of nitrogens with zero attached hydrogens (tertiary/aromatic N) is 1. The minimum atomic E-state index is -3.38. The van der Waals surface area contributed by atoms with Gasteiger partial charge in [0.1, 0.15) is 0 Å². The van der Waals surface area contributed by atoms with Gasteiger partial charge in [0, 0.05) is 30.6 Å². The Morgan fingerprint density at radius 2 is 1.75 bits per heavy atom. The molecule has 1 heterocycles. The standard InChI is InChI=1S/C14H20N2O3S/c1-9-7-16(8-10(9)2)14(17)11-4-12(15)6-13(5-11)20(3,18)19/h4-6,9-10H,7-8,15H2,1-3H3. The van der Waals surface area contributed by atoms with Crippen LogP contribution in [0.15, 0.2) is 23.1 Å². The second kappa shape index (κ2) is 5.09. The van der Waals surface area contributed by atoms with Gasteiger partial charge in [0.2, 0.25) is 0 Å². The third-order valence-corrected chi connectivity index (χ3v) is 4.97. The maximum Gasteiger partial charge on any atom is 0.253 e. The zero-order valence-electron chi connectivity index (χ0n) is 12.0. The first-order valence-electron chi connectivity index (χ1n) is 6.58. The van der Waals surface area contributed by atoms with E-state index >= 15 is 0 Å². The number of nitrogen functional groups attached to an aromatic ring is 1. The number of anilines is 1. The van der Waals surface area contributed by atoms with Gasteiger partial charge in [-0.15, -0.1) is 0 Å². The molecule has 0 saturated carbocycles. The van der Waals surface area contributed by atoms with Crippen molar-refractivity contribution in [3.05, 3.63) is 23.8 Å². The summed E-state index contributed by atoms with van der Waals surface area (Å²) in [6, 6.07) is 4.31. The molecular weight excluding hydrogens is 276 g/mol. The Balaban J connectivity index is 2.34. The number of likely N-dealkylation sites (tertiary alicyclic amines) is 1. The van der Waals surface area contributed by atoms with E-state index < -0.39 is 9.84 Å². The van der Waals surface area contributed by atoms with Crippen LogP contribution in [0.4, 0.5) is 5.69 Å². The zero-order chi connectivity index (χ0) is 15.1. The minimum absolute atomic E-state index is 0.0844. The second-order valence-electron chi connectivity index (χ2n) is 5.73. The Morgan fingerprint density at radius 1 is 1.20 bits per heavy atom. The molecule has 2 N–H and O–H groups in total. The molecule has 0 radical (unpaired) electrons. The Kier molecular flexibility index (Phi) is 3.77. The summed E-state index contributed by atoms with van der Waals surface area (Å²) in [5.41, 5.74) is 6.34. The average Bonchev–Trinajstić information content (AvgIpc) is 2.67. The molecule has 0 aromatic heterocycles. The summed E-state index contributed by atoms with van der Waals surface area (Å²) in [6.45, 7) is 5.62. The highest BCUT2D eigenvalue weighted by Gasteiger charge is 2.30. The lowest BCUT2D eigenvalue weighted by Gasteiger charge is -2.17. The molecule has 1 saturated heterocycles. The molecule has 1 aliphatic heterocycles. The summed E-state index contributed by atoms with van der Waals surface area (Å²) >= 11 is 0. The summed E-state index contributed by atoms with van der Waals surface area (Å²) in [6.07, 6.45) is 1.11. The van der Waals surface area contributed by atoms with Gasteiger partial charge in [-0.25, -0.2) is 8.42 Å². The Hall–Kier alpha value is -1.56. The van der Waals surface area contributed by atoms with Gasteiger partial charge in [0.25, 0.3) is 5.91 Å². The van der Waals surface area contributed by atoms with E-state index in [0.29, 0.717) is 30.5 Å². The predicted octanol–water partition coefficient (Wildman–Crippen LogP) is 1.40. The summed E-state index contributed by atoms with van der Waals surface area (Å²) in [5.74, 6) is 0.752. The van der Waals surface area contributed by atoms with E-state index in [1.54, 1.807) is 4.90 Å². The number of carbonyl (C=O) groups excluding carboxylic acids is 1. The normalized spacial score (nSPS) is 23.1. The fourth-order valence-electron chi connectivity index (χ4n) is 2.44. The van der Waals surface area contributed by atoms with Crippen LogP contribution in [0.5, 0.6) is 0 Å². The number of rotatable bonds is 2. The van der Waals surface area contributed by atoms with Crippen molar-refractivity contribution in [3.63, 3.8) is 0 Å². The molecule has 6 heteroatoms. The van der Waals surface area contributed by atoms with E-state index in [-0.39, 0.29) is 16.5 Å². The van der Waals surface area contributed by atoms with E-state index in [9.17, 15) is 13.2 Å². The molecular formula is C14H20N2O3S. The average molecular weight is 296 g/mol. The first-order chi connectivity index (χ1) is 9.18. The molecule has 5 nitrogen and oxygen atoms in total. The van der Waals surface area contributed by atoms with Crippen LogP contribution in [0.25, 0.3) is 0 Å². The van der Waals surface area contributed by atoms with Crippen LogP contribution in [-0.4, -0.2) is 38.6 Å². The maximum absolute atomic E-state index is 12.4. The van der Waals surface area contributed by atoms with Gasteiger partial charge in [-0.1, -0.05) is 13.8 Å². The summed E-state index contributed by atoms with van der Waals surface area (Å²) < 4.78 is 23.2. The second-order valence-corrected chi connectivity index (χ2v) is 7.74. The fraction of sp³-hybridized carbons (Fsp3) is 0.500. The lowest BCUT2D eigenvalue weighted by molar-refractivity contribution is 0.0785. The molecule has 1 aromatic carbocycles. The lowest BCUT2D eigenvalue weighted by Crippen LogP contribution is -2.29. The van der Waals surface area contributed by atoms with E-state index in [1.807, 2.05) is 0 Å². The minimum Gasteiger partial charge on any atom is -0.399 e. The Labute approximate surface area is 119 Å². The van der Waals surface area contributed by atoms with E-state index in [0.717, 1.165) is 6.26 Å². The third kappa shape index (κ3) is 2.95. The van der Waals surface area contributed by atoms with Crippen molar-refractivity contribution in [2.75, 3.05) is 25.1 Å². The summed E-state index contributed by atoms with van der Waals surface area (Å²) in [5, 5.41) is 0. The van der Waals surface area contributed by atoms with Gasteiger partial charge >= 0.3 is 0 Å². The van der Waals surface area contributed by atoms with Gasteiger partial charge in [-0.05, 0) is 30.0 Å². The van der Waals surface area contributed by atoms with Crippen molar-refractivity contribution >= 4 is 21.4 Å². The maximum atomic E-state index is 12.4. The van der Waals surface area contributed by atoms with E-state index in [4.69, 9.17) is 5.73 Å². The molecule has 20 heavy (non-hydrogen) atoms. The third-order valence-electron chi connectivity index (χ3n) is 3.88. The van der Waals surface area contributed by atoms with Gasteiger partial charge in [-0.2, -0.15) is 0 Å². The van der Waals surface area contributed by atoms with Crippen LogP contribution in [0.1, 0.15) is 24.2 Å². The van der Waals surface area contributed by atoms with Crippen molar-refractivity contribution in [3.8, 4) is 0 Å². The fourth-order valence-corrected chi connectivity index (χ4v) is 3.13. The molecule has 0 aliphatic carbocycles. The number of sulfone groups is 1. The van der Waals surface area contributed by atoms with Crippen LogP contribution in [0, 0.1) is 11.8 Å². The van der Waals surface area contributed by atoms with Crippen LogP contribution in [0.3, 0.4) is 0 Å². The van der Waals surface area contributed by atoms with Gasteiger partial charge in [0.05, 0.1) is 4.90 Å². The van der Waals surface area contributed by atoms with Gasteiger partial charge in [-0.3, -0.25) is 4.79 Å². The summed E-state index contributed by atoms with van der Waals surface area (Å²) in [7, 11) is -3.38. The van der Waals surface area contributed by atoms with Crippen molar-refractivity contribution in [2.45, 2.75) is 18.7 Å². The van der Waals surface area contributed by atoms with E-state index in [2.05, 4.69) is 13.8 Å². The highest BCUT2D eigenvalue weighted by molar-refractivity contribution is 7.90. The van der Waals surface area contributed by atoms with Crippen LogP contribution >= 0.6 is 0 Å². The van der Waals surface area contributed by atoms with Gasteiger partial charge in [0.15, 0.2) is 9.84 Å². The number of hydrogen-bond acceptors (Lipinski definition) is 4. The lowest BCUT2D eigenvalue weighted by atomic mass is 10.0. The van der Waals surface area contributed by atoms with Crippen molar-refractivity contribution in [2.24, 2.45) is 11.8 Å². The molecule has 1 aliphatic rings. The summed E-state index contributed by atoms with van der Waals surface area (Å²) in [4.78, 5) is 14.3. The molecule has 2 rings (SSSR count). The SMILES string of the molecule is CC1CN(C(=O)c2cc(N)cc(S(C)(=O)=O)c2)CC1C. The smallest absolute Gasteiger partial charge is 0.253 e. The highest BCUT2D eigenvalue weighted by atomic mass is 32.2. The molecule has 1 fully saturated rings. The molecule has 0 spiro atoms. The molecule has 110 valence electrons. The number of benzene rings is 1. The topological polar surface area (TPSA) is 80.5 Å². The van der Waals surface area contributed by atoms with E-state index in [1.165, 1.54) is 18.2 Å². The van der Waals surface area contributed by atoms with Crippen LogP contribution in [0.2, 0.25) is 0 Å². The van der Waals surface area contributed by atoms with Gasteiger partial charge < -0.3 is 10.6 Å². The highest BCUT2D eigenvalue weighted by Crippen LogP contribution is 2.25. The van der Waals surface area contributed by atoms with Crippen molar-refractivity contribution in [1.82, 2.24) is 4.90 Å². The van der Waals surface area contributed by atoms with Crippen LogP contribution < -0.4 is 5.73 Å².